The van der Waals surface area contributed by atoms with Crippen LogP contribution in [-0.4, -0.2) is 3.81 Å². The maximum Gasteiger partial charge on any atom is -1.00 e. The Balaban J connectivity index is 0.00000202. The number of hydrogen-bond acceptors (Lipinski definition) is 0. The van der Waals surface area contributed by atoms with E-state index in [4.69, 9.17) is 0 Å². The third-order valence-corrected chi connectivity index (χ3v) is 14.0. The molecule has 0 saturated heterocycles. The first kappa shape index (κ1) is 32.4. The number of allylic oxidation sites excluding steroid dienone is 4. The van der Waals surface area contributed by atoms with E-state index in [0.29, 0.717) is 16.1 Å². The number of halogens is 2. The zero-order chi connectivity index (χ0) is 28.0. The fraction of sp³-hybridized carbons (Fsp3) is 0.256. The maximum atomic E-state index is 2.57. The molecule has 0 heterocycles. The first-order chi connectivity index (χ1) is 19.3. The summed E-state index contributed by atoms with van der Waals surface area (Å²) in [6.45, 7) is 13.7. The Morgan fingerprint density at radius 1 is 0.643 bits per heavy atom. The van der Waals surface area contributed by atoms with Crippen molar-refractivity contribution in [3.63, 3.8) is 0 Å². The molecule has 0 spiro atoms. The summed E-state index contributed by atoms with van der Waals surface area (Å²) in [6, 6.07) is 33.4. The minimum atomic E-state index is -2.21. The number of hydrogen-bond donors (Lipinski definition) is 0. The van der Waals surface area contributed by atoms with Gasteiger partial charge in [-0.15, -0.1) is 0 Å². The molecule has 42 heavy (non-hydrogen) atoms. The molecule has 0 aromatic heterocycles. The van der Waals surface area contributed by atoms with Crippen molar-refractivity contribution in [1.29, 1.82) is 0 Å². The van der Waals surface area contributed by atoms with Crippen LogP contribution >= 0.6 is 0 Å². The van der Waals surface area contributed by atoms with E-state index in [1.807, 2.05) is 0 Å². The largest absolute Gasteiger partial charge is 1.00 e. The molecule has 6 rings (SSSR count). The Kier molecular flexibility index (Phi) is 10.4. The van der Waals surface area contributed by atoms with Crippen LogP contribution < -0.4 is 24.8 Å². The fourth-order valence-corrected chi connectivity index (χ4v) is 12.1. The smallest absolute Gasteiger partial charge is 1.00 e. The van der Waals surface area contributed by atoms with Crippen LogP contribution in [0.2, 0.25) is 0 Å². The van der Waals surface area contributed by atoms with E-state index < -0.39 is 17.4 Å². The average molecular weight is 628 g/mol. The maximum absolute atomic E-state index is 2.57. The van der Waals surface area contributed by atoms with Gasteiger partial charge in [-0.2, -0.15) is 0 Å². The van der Waals surface area contributed by atoms with Gasteiger partial charge in [0.15, 0.2) is 0 Å². The SMILES string of the molecule is Cc1ccc([C](c2ccc(C)cc2)=[Ti+2]([C]2=CC=CC2)[CH]2c3cc(C(C)C)ccc3-c3ccc(C(C)C)cc32)cc1.[Cl-].[Cl-]. The Hall–Kier alpha value is -2.48. The molecule has 0 atom stereocenters. The molecule has 0 aliphatic heterocycles. The Labute approximate surface area is 271 Å². The molecule has 0 saturated carbocycles. The normalized spacial score (nSPS) is 13.2. The van der Waals surface area contributed by atoms with Crippen molar-refractivity contribution in [1.82, 2.24) is 0 Å². The second-order valence-corrected chi connectivity index (χ2v) is 16.3. The zero-order valence-electron chi connectivity index (χ0n) is 25.5. The molecule has 2 aliphatic rings. The van der Waals surface area contributed by atoms with Crippen LogP contribution in [0.4, 0.5) is 0 Å². The van der Waals surface area contributed by atoms with Gasteiger partial charge in [-0.3, -0.25) is 0 Å². The molecular formula is C39H40Cl2Ti. The number of fused-ring (bicyclic) bond motifs is 3. The van der Waals surface area contributed by atoms with E-state index in [1.165, 1.54) is 44.5 Å². The van der Waals surface area contributed by atoms with Crippen molar-refractivity contribution in [3.8, 4) is 11.1 Å². The topological polar surface area (TPSA) is 0 Å². The molecule has 4 aromatic carbocycles. The van der Waals surface area contributed by atoms with Crippen LogP contribution in [0.15, 0.2) is 107 Å². The van der Waals surface area contributed by atoms with Gasteiger partial charge in [0.2, 0.25) is 0 Å². The van der Waals surface area contributed by atoms with E-state index in [9.17, 15) is 0 Å². The van der Waals surface area contributed by atoms with E-state index in [2.05, 4.69) is 145 Å². The third kappa shape index (κ3) is 6.11. The molecule has 3 heteroatoms. The van der Waals surface area contributed by atoms with Crippen molar-refractivity contribution in [3.05, 3.63) is 152 Å². The third-order valence-electron chi connectivity index (χ3n) is 8.75. The summed E-state index contributed by atoms with van der Waals surface area (Å²) in [6.07, 6.45) is 8.21. The predicted molar refractivity (Wildman–Crippen MR) is 169 cm³/mol. The minimum Gasteiger partial charge on any atom is -1.00 e. The summed E-state index contributed by atoms with van der Waals surface area (Å²) in [5.41, 5.74) is 14.3. The number of benzene rings is 4. The molecule has 0 amide bonds. The van der Waals surface area contributed by atoms with Gasteiger partial charge in [-0.1, -0.05) is 0 Å². The zero-order valence-corrected chi connectivity index (χ0v) is 28.6. The van der Waals surface area contributed by atoms with E-state index >= 15 is 0 Å². The van der Waals surface area contributed by atoms with Gasteiger partial charge in [0, 0.05) is 0 Å². The minimum absolute atomic E-state index is 0. The molecule has 0 bridgehead atoms. The van der Waals surface area contributed by atoms with Gasteiger partial charge >= 0.3 is 248 Å². The molecule has 0 N–H and O–H groups in total. The standard InChI is InChI=1S/C19H21.C15H14.C5H5.2ClH.Ti/c1-12(2)14-5-7-18-16(9-14)11-17-10-15(13(3)4)6-8-19(17)18;1-12-3-7-14(8-4-12)11-15-9-5-13(2)6-10-15;1-2-4-5-3-1;;;/h5-13H,1-4H3;3-10H,1-2H3;1-3H,4H2;2*1H;/q;;;;;+2/p-2. The van der Waals surface area contributed by atoms with Crippen molar-refractivity contribution >= 4 is 3.81 Å². The van der Waals surface area contributed by atoms with Gasteiger partial charge < -0.3 is 24.8 Å². The Morgan fingerprint density at radius 3 is 1.48 bits per heavy atom. The average Bonchev–Trinajstić information content (AvgIpc) is 3.59. The van der Waals surface area contributed by atoms with Crippen LogP contribution in [-0.2, 0) is 17.4 Å². The Morgan fingerprint density at radius 2 is 1.10 bits per heavy atom. The fourth-order valence-electron chi connectivity index (χ4n) is 6.38. The first-order valence-corrected chi connectivity index (χ1v) is 17.3. The number of aryl methyl sites for hydroxylation is 2. The van der Waals surface area contributed by atoms with Crippen LogP contribution in [0.1, 0.15) is 94.7 Å². The predicted octanol–water partition coefficient (Wildman–Crippen LogP) is 4.36. The van der Waals surface area contributed by atoms with Gasteiger partial charge in [0.05, 0.1) is 0 Å². The molecule has 4 aromatic rings. The quantitative estimate of drug-likeness (QED) is 0.279. The molecule has 0 fully saturated rings. The second kappa shape index (κ2) is 13.4. The van der Waals surface area contributed by atoms with Crippen molar-refractivity contribution < 1.29 is 42.2 Å². The van der Waals surface area contributed by atoms with Crippen LogP contribution in [0, 0.1) is 13.8 Å². The van der Waals surface area contributed by atoms with Gasteiger partial charge in [-0.25, -0.2) is 0 Å². The summed E-state index contributed by atoms with van der Waals surface area (Å²) >= 11 is -2.21. The summed E-state index contributed by atoms with van der Waals surface area (Å²) in [7, 11) is 0. The van der Waals surface area contributed by atoms with Crippen LogP contribution in [0.3, 0.4) is 0 Å². The number of rotatable bonds is 6. The van der Waals surface area contributed by atoms with Gasteiger partial charge in [0.25, 0.3) is 0 Å². The van der Waals surface area contributed by atoms with Crippen molar-refractivity contribution in [2.24, 2.45) is 0 Å². The summed E-state index contributed by atoms with van der Waals surface area (Å²) in [5.74, 6) is 1.02. The van der Waals surface area contributed by atoms with E-state index in [0.717, 1.165) is 6.42 Å². The van der Waals surface area contributed by atoms with Crippen molar-refractivity contribution in [2.75, 3.05) is 0 Å². The second-order valence-electron chi connectivity index (χ2n) is 12.3. The molecule has 0 unspecified atom stereocenters. The molecular weight excluding hydrogens is 587 g/mol. The van der Waals surface area contributed by atoms with E-state index in [1.54, 1.807) is 18.8 Å². The summed E-state index contributed by atoms with van der Waals surface area (Å²) in [4.78, 5) is 0. The van der Waals surface area contributed by atoms with Crippen LogP contribution in [0.5, 0.6) is 0 Å². The monoisotopic (exact) mass is 626 g/mol. The van der Waals surface area contributed by atoms with Crippen molar-refractivity contribution in [2.45, 2.75) is 64.0 Å². The van der Waals surface area contributed by atoms with E-state index in [-0.39, 0.29) is 24.8 Å². The first-order valence-electron chi connectivity index (χ1n) is 14.8. The summed E-state index contributed by atoms with van der Waals surface area (Å²) < 4.78 is 3.69. The molecule has 2 aliphatic carbocycles. The Bertz CT molecular complexity index is 1560. The molecule has 0 nitrogen and oxygen atoms in total. The molecule has 214 valence electrons. The summed E-state index contributed by atoms with van der Waals surface area (Å²) in [5, 5.41) is 0. The molecule has 0 radical (unpaired) electrons. The van der Waals surface area contributed by atoms with Gasteiger partial charge in [-0.05, 0) is 0 Å². The van der Waals surface area contributed by atoms with Gasteiger partial charge in [0.1, 0.15) is 0 Å². The van der Waals surface area contributed by atoms with Crippen LogP contribution in [0.25, 0.3) is 11.1 Å².